The molecule has 0 N–H and O–H groups in total. The van der Waals surface area contributed by atoms with E-state index < -0.39 is 8.24 Å². The van der Waals surface area contributed by atoms with Gasteiger partial charge < -0.3 is 4.66 Å². The second kappa shape index (κ2) is 14.9. The van der Waals surface area contributed by atoms with Gasteiger partial charge in [0, 0.05) is 12.1 Å². The van der Waals surface area contributed by atoms with Gasteiger partial charge in [0.1, 0.15) is 0 Å². The van der Waals surface area contributed by atoms with Crippen molar-refractivity contribution in [2.24, 2.45) is 14.6 Å². The molecule has 5 rings (SSSR count). The number of benzene rings is 4. The van der Waals surface area contributed by atoms with E-state index in [9.17, 15) is 0 Å². The first kappa shape index (κ1) is 31.9. The zero-order valence-corrected chi connectivity index (χ0v) is 28.2. The van der Waals surface area contributed by atoms with Crippen molar-refractivity contribution in [2.45, 2.75) is 41.0 Å². The molecule has 0 atom stereocenters. The van der Waals surface area contributed by atoms with Crippen LogP contribution in [0.5, 0.6) is 0 Å². The summed E-state index contributed by atoms with van der Waals surface area (Å²) in [6.45, 7) is 10.6. The minimum atomic E-state index is -2.73. The number of hydrogen-bond acceptors (Lipinski definition) is 3. The van der Waals surface area contributed by atoms with E-state index in [1.807, 2.05) is 0 Å². The Balaban J connectivity index is 0.00000129. The molecule has 216 valence electrons. The van der Waals surface area contributed by atoms with Gasteiger partial charge >= 0.3 is 33.3 Å². The Morgan fingerprint density at radius 3 is 1.57 bits per heavy atom. The standard InChI is InChI=1S/C35H35N3Si.2ClH.Fe/c1-25-23-26(2)35(27(3)24-25)36-28(4)33-21-22-34(37-33)29(5)38-39(30-15-9-6-10-16-30,31-17-11-7-12-18-31)32-19-13-8-14-20-32;;;/h6-21,23-24H,22H2,1-5H3;2*1H;/q;;;+2/p-2/b36-28?,38-29+;;;. The first-order chi connectivity index (χ1) is 20.3. The van der Waals surface area contributed by atoms with Crippen molar-refractivity contribution >= 4 is 66.8 Å². The summed E-state index contributed by atoms with van der Waals surface area (Å²) in [4.78, 5) is 10.1. The van der Waals surface area contributed by atoms with E-state index in [0.29, 0.717) is 0 Å². The Hall–Kier alpha value is -3.05. The molecule has 0 spiro atoms. The van der Waals surface area contributed by atoms with Gasteiger partial charge in [0.25, 0.3) is 8.24 Å². The summed E-state index contributed by atoms with van der Waals surface area (Å²) >= 11 is 0.194. The molecule has 0 unspecified atom stereocenters. The first-order valence-corrected chi connectivity index (χ1v) is 18.8. The van der Waals surface area contributed by atoms with Crippen molar-refractivity contribution in [1.29, 1.82) is 0 Å². The molecule has 1 heterocycles. The summed E-state index contributed by atoms with van der Waals surface area (Å²) in [6.07, 6.45) is 2.94. The Kier molecular flexibility index (Phi) is 11.3. The number of hydrogen-bond donors (Lipinski definition) is 0. The van der Waals surface area contributed by atoms with Gasteiger partial charge in [0.2, 0.25) is 0 Å². The fraction of sp³-hybridized carbons (Fsp3) is 0.171. The van der Waals surface area contributed by atoms with E-state index in [0.717, 1.165) is 34.9 Å². The molecule has 42 heavy (non-hydrogen) atoms. The molecule has 0 bridgehead atoms. The monoisotopic (exact) mass is 651 g/mol. The van der Waals surface area contributed by atoms with Crippen LogP contribution in [0.1, 0.15) is 37.0 Å². The van der Waals surface area contributed by atoms with Crippen LogP contribution < -0.4 is 15.6 Å². The van der Waals surface area contributed by atoms with Crippen molar-refractivity contribution in [1.82, 2.24) is 0 Å². The molecule has 0 amide bonds. The molecule has 0 radical (unpaired) electrons. The molecule has 0 saturated heterocycles. The van der Waals surface area contributed by atoms with Gasteiger partial charge in [-0.15, -0.1) is 0 Å². The topological polar surface area (TPSA) is 37.1 Å². The van der Waals surface area contributed by atoms with Crippen LogP contribution in [0.4, 0.5) is 5.69 Å². The Labute approximate surface area is 265 Å². The number of nitrogens with zero attached hydrogens (tertiary/aromatic N) is 3. The van der Waals surface area contributed by atoms with E-state index in [4.69, 9.17) is 34.8 Å². The van der Waals surface area contributed by atoms with E-state index >= 15 is 0 Å². The number of allylic oxidation sites excluding steroid dienone is 2. The predicted molar refractivity (Wildman–Crippen MR) is 182 cm³/mol. The molecule has 0 aliphatic carbocycles. The fourth-order valence-corrected chi connectivity index (χ4v) is 9.55. The Morgan fingerprint density at radius 2 is 1.14 bits per heavy atom. The number of halogens is 2. The van der Waals surface area contributed by atoms with Crippen LogP contribution in [0.25, 0.3) is 0 Å². The SMILES string of the molecule is CC(=Nc1c(C)cc(C)cc1C)C1=CCC(/C(C)=N/[Si](c2ccccc2)(c2ccccc2)c2ccccc2)=N1.[Cl][Fe][Cl]. The third-order valence-corrected chi connectivity index (χ3v) is 11.5. The molecule has 4 aromatic rings. The van der Waals surface area contributed by atoms with E-state index in [1.165, 1.54) is 32.3 Å². The van der Waals surface area contributed by atoms with E-state index in [-0.39, 0.29) is 13.1 Å². The summed E-state index contributed by atoms with van der Waals surface area (Å²) < 4.78 is 5.67. The average Bonchev–Trinajstić information content (AvgIpc) is 3.50. The summed E-state index contributed by atoms with van der Waals surface area (Å²) in [6, 6.07) is 36.7. The normalized spacial score (nSPS) is 13.8. The molecule has 0 saturated carbocycles. The van der Waals surface area contributed by atoms with Gasteiger partial charge in [-0.05, 0) is 61.3 Å². The quantitative estimate of drug-likeness (QED) is 0.111. The van der Waals surface area contributed by atoms with Gasteiger partial charge in [-0.1, -0.05) is 115 Å². The van der Waals surface area contributed by atoms with Crippen LogP contribution in [0.3, 0.4) is 0 Å². The molecular weight excluding hydrogens is 617 g/mol. The zero-order valence-electron chi connectivity index (χ0n) is 24.6. The minimum absolute atomic E-state index is 0.194. The summed E-state index contributed by atoms with van der Waals surface area (Å²) in [5.74, 6) is 0. The maximum absolute atomic E-state index is 5.67. The van der Waals surface area contributed by atoms with Crippen LogP contribution in [0, 0.1) is 20.8 Å². The van der Waals surface area contributed by atoms with Crippen LogP contribution in [-0.4, -0.2) is 25.4 Å². The van der Waals surface area contributed by atoms with Crippen LogP contribution in [0.2, 0.25) is 0 Å². The molecule has 0 aromatic heterocycles. The van der Waals surface area contributed by atoms with Gasteiger partial charge in [0.05, 0.1) is 22.8 Å². The maximum atomic E-state index is 5.67. The third kappa shape index (κ3) is 7.29. The summed E-state index contributed by atoms with van der Waals surface area (Å²) in [5, 5.41) is 3.78. The number of aryl methyl sites for hydroxylation is 3. The molecule has 4 aromatic carbocycles. The van der Waals surface area contributed by atoms with Gasteiger partial charge in [-0.3, -0.25) is 4.99 Å². The van der Waals surface area contributed by atoms with Crippen molar-refractivity contribution in [3.63, 3.8) is 0 Å². The van der Waals surface area contributed by atoms with Crippen LogP contribution in [-0.2, 0) is 13.1 Å². The molecular formula is C35H35Cl2FeN3Si. The number of rotatable bonds is 7. The van der Waals surface area contributed by atoms with Gasteiger partial charge in [-0.2, -0.15) is 0 Å². The van der Waals surface area contributed by atoms with Crippen LogP contribution in [0.15, 0.2) is 130 Å². The molecule has 3 nitrogen and oxygen atoms in total. The van der Waals surface area contributed by atoms with E-state index in [1.54, 1.807) is 0 Å². The van der Waals surface area contributed by atoms with Gasteiger partial charge in [0.15, 0.2) is 0 Å². The van der Waals surface area contributed by atoms with Crippen molar-refractivity contribution in [3.05, 3.63) is 132 Å². The summed E-state index contributed by atoms with van der Waals surface area (Å²) in [7, 11) is 6.80. The van der Waals surface area contributed by atoms with Crippen molar-refractivity contribution in [3.8, 4) is 0 Å². The van der Waals surface area contributed by atoms with Gasteiger partial charge in [-0.25, -0.2) is 4.99 Å². The summed E-state index contributed by atoms with van der Waals surface area (Å²) in [5.41, 5.74) is 8.55. The molecule has 1 aliphatic heterocycles. The van der Waals surface area contributed by atoms with Crippen LogP contribution >= 0.6 is 20.2 Å². The fourth-order valence-electron chi connectivity index (χ4n) is 5.51. The number of aliphatic imine (C=N–C) groups is 2. The predicted octanol–water partition coefficient (Wildman–Crippen LogP) is 7.94. The Morgan fingerprint density at radius 1 is 0.714 bits per heavy atom. The van der Waals surface area contributed by atoms with E-state index in [2.05, 4.69) is 144 Å². The third-order valence-electron chi connectivity index (χ3n) is 7.36. The first-order valence-electron chi connectivity index (χ1n) is 13.8. The zero-order chi connectivity index (χ0) is 30.1. The second-order valence-electron chi connectivity index (χ2n) is 10.4. The second-order valence-corrected chi connectivity index (χ2v) is 15.6. The van der Waals surface area contributed by atoms with Crippen molar-refractivity contribution < 1.29 is 13.1 Å². The van der Waals surface area contributed by atoms with Crippen molar-refractivity contribution in [2.75, 3.05) is 0 Å². The molecule has 1 aliphatic rings. The average molecular weight is 653 g/mol. The molecule has 0 fully saturated rings. The molecule has 7 heteroatoms. The Bertz CT molecular complexity index is 1510.